The molecule has 6 heteroatoms. The molecule has 0 radical (unpaired) electrons. The molecular formula is C10H10BNO3S. The number of aromatic nitrogens is 1. The summed E-state index contributed by atoms with van der Waals surface area (Å²) in [5.74, 6) is 0.682. The molecule has 0 unspecified atom stereocenters. The van der Waals surface area contributed by atoms with Gasteiger partial charge in [0.2, 0.25) is 0 Å². The molecule has 0 saturated carbocycles. The first-order valence-electron chi connectivity index (χ1n) is 4.73. The summed E-state index contributed by atoms with van der Waals surface area (Å²) in [6.07, 6.45) is 3.12. The minimum atomic E-state index is -1.42. The minimum Gasteiger partial charge on any atom is -0.440 e. The van der Waals surface area contributed by atoms with Crippen LogP contribution >= 0.6 is 11.8 Å². The average molecular weight is 235 g/mol. The van der Waals surface area contributed by atoms with Crippen LogP contribution in [0.3, 0.4) is 0 Å². The van der Waals surface area contributed by atoms with Crippen molar-refractivity contribution in [2.45, 2.75) is 11.0 Å². The monoisotopic (exact) mass is 235 g/mol. The molecule has 0 aliphatic carbocycles. The number of benzene rings is 1. The van der Waals surface area contributed by atoms with Crippen LogP contribution in [-0.4, -0.2) is 22.2 Å². The Morgan fingerprint density at radius 1 is 1.38 bits per heavy atom. The standard InChI is InChI=1S/C10H10BNO3S/c13-11(14)9-3-1-2-8(6-9)7-16-10-12-4-5-15-10/h1-6,13-14H,7H2. The van der Waals surface area contributed by atoms with Gasteiger partial charge in [-0.2, -0.15) is 0 Å². The lowest BCUT2D eigenvalue weighted by Gasteiger charge is -2.02. The number of nitrogens with zero attached hydrogens (tertiary/aromatic N) is 1. The number of rotatable bonds is 4. The zero-order valence-electron chi connectivity index (χ0n) is 8.41. The van der Waals surface area contributed by atoms with Gasteiger partial charge in [0.05, 0.1) is 6.20 Å². The van der Waals surface area contributed by atoms with Gasteiger partial charge >= 0.3 is 7.12 Å². The van der Waals surface area contributed by atoms with Crippen LogP contribution in [0.25, 0.3) is 0 Å². The molecule has 0 aliphatic heterocycles. The predicted molar refractivity (Wildman–Crippen MR) is 62.3 cm³/mol. The van der Waals surface area contributed by atoms with E-state index < -0.39 is 7.12 Å². The molecule has 0 saturated heterocycles. The first kappa shape index (κ1) is 11.3. The van der Waals surface area contributed by atoms with Crippen LogP contribution in [-0.2, 0) is 5.75 Å². The third-order valence-corrected chi connectivity index (χ3v) is 2.95. The fraction of sp³-hybridized carbons (Fsp3) is 0.100. The summed E-state index contributed by atoms with van der Waals surface area (Å²) in [6, 6.07) is 7.13. The van der Waals surface area contributed by atoms with E-state index in [1.54, 1.807) is 24.4 Å². The summed E-state index contributed by atoms with van der Waals surface area (Å²) < 4.78 is 5.09. The van der Waals surface area contributed by atoms with Crippen LogP contribution in [0, 0.1) is 0 Å². The Bertz CT molecular complexity index is 447. The van der Waals surface area contributed by atoms with Gasteiger partial charge < -0.3 is 14.5 Å². The highest BCUT2D eigenvalue weighted by atomic mass is 32.2. The van der Waals surface area contributed by atoms with Crippen molar-refractivity contribution in [1.29, 1.82) is 0 Å². The van der Waals surface area contributed by atoms with Crippen molar-refractivity contribution in [2.24, 2.45) is 0 Å². The van der Waals surface area contributed by atoms with Crippen molar-refractivity contribution in [3.8, 4) is 0 Å². The molecule has 1 aromatic heterocycles. The Labute approximate surface area is 97.5 Å². The fourth-order valence-electron chi connectivity index (χ4n) is 1.27. The molecular weight excluding hydrogens is 225 g/mol. The highest BCUT2D eigenvalue weighted by Gasteiger charge is 2.10. The molecule has 82 valence electrons. The number of thioether (sulfide) groups is 1. The van der Waals surface area contributed by atoms with Gasteiger partial charge in [-0.05, 0) is 11.0 Å². The fourth-order valence-corrected chi connectivity index (χ4v) is 2.00. The lowest BCUT2D eigenvalue weighted by Crippen LogP contribution is -2.29. The molecule has 16 heavy (non-hydrogen) atoms. The highest BCUT2D eigenvalue weighted by Crippen LogP contribution is 2.19. The normalized spacial score (nSPS) is 10.4. The Hall–Kier alpha value is -1.24. The van der Waals surface area contributed by atoms with Crippen molar-refractivity contribution >= 4 is 24.3 Å². The van der Waals surface area contributed by atoms with Gasteiger partial charge in [0, 0.05) is 5.75 Å². The third kappa shape index (κ3) is 2.88. The molecule has 2 rings (SSSR count). The van der Waals surface area contributed by atoms with E-state index in [2.05, 4.69) is 4.98 Å². The van der Waals surface area contributed by atoms with Crippen LogP contribution in [0.2, 0.25) is 0 Å². The molecule has 2 aromatic rings. The van der Waals surface area contributed by atoms with Crippen molar-refractivity contribution in [1.82, 2.24) is 4.98 Å². The molecule has 4 nitrogen and oxygen atoms in total. The number of oxazole rings is 1. The first-order chi connectivity index (χ1) is 7.75. The number of hydrogen-bond donors (Lipinski definition) is 2. The van der Waals surface area contributed by atoms with Gasteiger partial charge in [0.15, 0.2) is 0 Å². The second-order valence-corrected chi connectivity index (χ2v) is 4.13. The van der Waals surface area contributed by atoms with Gasteiger partial charge in [-0.3, -0.25) is 0 Å². The van der Waals surface area contributed by atoms with E-state index in [4.69, 9.17) is 14.5 Å². The summed E-state index contributed by atoms with van der Waals surface area (Å²) in [5, 5.41) is 18.6. The molecule has 1 aromatic carbocycles. The molecule has 0 atom stereocenters. The van der Waals surface area contributed by atoms with Crippen molar-refractivity contribution in [3.63, 3.8) is 0 Å². The second-order valence-electron chi connectivity index (χ2n) is 3.21. The third-order valence-electron chi connectivity index (χ3n) is 2.02. The zero-order valence-corrected chi connectivity index (χ0v) is 9.22. The van der Waals surface area contributed by atoms with E-state index in [0.717, 1.165) is 5.56 Å². The van der Waals surface area contributed by atoms with E-state index in [1.165, 1.54) is 18.0 Å². The predicted octanol–water partition coefficient (Wildman–Crippen LogP) is 0.647. The maximum absolute atomic E-state index is 9.02. The molecule has 2 N–H and O–H groups in total. The topological polar surface area (TPSA) is 66.5 Å². The summed E-state index contributed by atoms with van der Waals surface area (Å²) in [5.41, 5.74) is 1.49. The molecule has 0 fully saturated rings. The summed E-state index contributed by atoms with van der Waals surface area (Å²) in [4.78, 5) is 3.99. The number of hydrogen-bond acceptors (Lipinski definition) is 5. The largest absolute Gasteiger partial charge is 0.488 e. The zero-order chi connectivity index (χ0) is 11.4. The molecule has 0 amide bonds. The maximum Gasteiger partial charge on any atom is 0.488 e. The van der Waals surface area contributed by atoms with E-state index in [0.29, 0.717) is 16.4 Å². The van der Waals surface area contributed by atoms with Crippen LogP contribution in [0.1, 0.15) is 5.56 Å². The summed E-state index contributed by atoms with van der Waals surface area (Å²) in [6.45, 7) is 0. The van der Waals surface area contributed by atoms with E-state index in [1.807, 2.05) is 6.07 Å². The van der Waals surface area contributed by atoms with Crippen LogP contribution in [0.5, 0.6) is 0 Å². The van der Waals surface area contributed by atoms with Gasteiger partial charge in [-0.1, -0.05) is 36.0 Å². The minimum absolute atomic E-state index is 0.491. The van der Waals surface area contributed by atoms with Gasteiger partial charge in [-0.25, -0.2) is 4.98 Å². The van der Waals surface area contributed by atoms with E-state index in [9.17, 15) is 0 Å². The van der Waals surface area contributed by atoms with Gasteiger partial charge in [0.25, 0.3) is 5.22 Å². The average Bonchev–Trinajstić information content (AvgIpc) is 2.79. The van der Waals surface area contributed by atoms with E-state index >= 15 is 0 Å². The van der Waals surface area contributed by atoms with Crippen LogP contribution in [0.4, 0.5) is 0 Å². The summed E-state index contributed by atoms with van der Waals surface area (Å²) in [7, 11) is -1.42. The molecule has 0 bridgehead atoms. The lowest BCUT2D eigenvalue weighted by molar-refractivity contribution is 0.425. The lowest BCUT2D eigenvalue weighted by atomic mass is 9.80. The van der Waals surface area contributed by atoms with Crippen LogP contribution < -0.4 is 5.46 Å². The highest BCUT2D eigenvalue weighted by molar-refractivity contribution is 7.98. The summed E-state index contributed by atoms with van der Waals surface area (Å²) >= 11 is 1.46. The van der Waals surface area contributed by atoms with E-state index in [-0.39, 0.29) is 0 Å². The Kier molecular flexibility index (Phi) is 3.66. The van der Waals surface area contributed by atoms with Crippen molar-refractivity contribution in [2.75, 3.05) is 0 Å². The second kappa shape index (κ2) is 5.20. The Morgan fingerprint density at radius 3 is 2.94 bits per heavy atom. The van der Waals surface area contributed by atoms with Gasteiger partial charge in [-0.15, -0.1) is 0 Å². The Morgan fingerprint density at radius 2 is 2.25 bits per heavy atom. The maximum atomic E-state index is 9.02. The molecule has 0 aliphatic rings. The first-order valence-corrected chi connectivity index (χ1v) is 5.71. The van der Waals surface area contributed by atoms with Crippen molar-refractivity contribution in [3.05, 3.63) is 42.3 Å². The Balaban J connectivity index is 2.01. The molecule has 0 spiro atoms. The SMILES string of the molecule is OB(O)c1cccc(CSc2ncco2)c1. The van der Waals surface area contributed by atoms with Gasteiger partial charge in [0.1, 0.15) is 6.26 Å². The quantitative estimate of drug-likeness (QED) is 0.601. The smallest absolute Gasteiger partial charge is 0.440 e. The van der Waals surface area contributed by atoms with Crippen molar-refractivity contribution < 1.29 is 14.5 Å². The molecule has 1 heterocycles. The van der Waals surface area contributed by atoms with Crippen LogP contribution in [0.15, 0.2) is 46.4 Å².